The predicted molar refractivity (Wildman–Crippen MR) is 91.2 cm³/mol. The lowest BCUT2D eigenvalue weighted by atomic mass is 9.99. The first-order valence-corrected chi connectivity index (χ1v) is 7.81. The lowest BCUT2D eigenvalue weighted by Crippen LogP contribution is -2.36. The van der Waals surface area contributed by atoms with Gasteiger partial charge < -0.3 is 10.1 Å². The highest BCUT2D eigenvalue weighted by atomic mass is 16.5. The van der Waals surface area contributed by atoms with E-state index in [9.17, 15) is 0 Å². The van der Waals surface area contributed by atoms with Crippen molar-refractivity contribution < 1.29 is 4.74 Å². The van der Waals surface area contributed by atoms with Crippen LogP contribution in [0.4, 0.5) is 0 Å². The molecule has 21 heavy (non-hydrogen) atoms. The highest BCUT2D eigenvalue weighted by molar-refractivity contribution is 5.91. The van der Waals surface area contributed by atoms with Gasteiger partial charge in [-0.1, -0.05) is 30.3 Å². The smallest absolute Gasteiger partial charge is 0.126 e. The van der Waals surface area contributed by atoms with E-state index < -0.39 is 0 Å². The number of unbranched alkanes of at least 4 members (excludes halogenated alkanes) is 1. The zero-order valence-corrected chi connectivity index (χ0v) is 13.7. The maximum Gasteiger partial charge on any atom is 0.126 e. The van der Waals surface area contributed by atoms with E-state index in [1.807, 2.05) is 0 Å². The average Bonchev–Trinajstić information content (AvgIpc) is 2.45. The van der Waals surface area contributed by atoms with E-state index in [0.717, 1.165) is 18.7 Å². The van der Waals surface area contributed by atoms with E-state index >= 15 is 0 Å². The number of hydrogen-bond acceptors (Lipinski definition) is 2. The molecule has 0 aliphatic carbocycles. The van der Waals surface area contributed by atoms with Crippen molar-refractivity contribution in [2.45, 2.75) is 45.6 Å². The molecule has 0 spiro atoms. The Hall–Kier alpha value is -1.54. The third-order valence-corrected chi connectivity index (χ3v) is 3.72. The second kappa shape index (κ2) is 6.95. The van der Waals surface area contributed by atoms with E-state index in [4.69, 9.17) is 4.74 Å². The number of benzene rings is 2. The molecule has 0 radical (unpaired) electrons. The third kappa shape index (κ3) is 4.47. The number of rotatable bonds is 6. The summed E-state index contributed by atoms with van der Waals surface area (Å²) < 4.78 is 5.45. The van der Waals surface area contributed by atoms with Crippen LogP contribution in [0.3, 0.4) is 0 Å². The highest BCUT2D eigenvalue weighted by Crippen LogP contribution is 2.29. The van der Waals surface area contributed by atoms with Crippen LogP contribution in [0.15, 0.2) is 36.4 Å². The molecule has 0 aliphatic rings. The first-order valence-electron chi connectivity index (χ1n) is 7.81. The molecule has 0 unspecified atom stereocenters. The molecular weight excluding hydrogens is 258 g/mol. The van der Waals surface area contributed by atoms with Crippen LogP contribution in [-0.4, -0.2) is 19.2 Å². The minimum Gasteiger partial charge on any atom is -0.496 e. The summed E-state index contributed by atoms with van der Waals surface area (Å²) >= 11 is 0. The monoisotopic (exact) mass is 285 g/mol. The lowest BCUT2D eigenvalue weighted by molar-refractivity contribution is 0.418. The zero-order chi connectivity index (χ0) is 15.3. The molecule has 2 nitrogen and oxygen atoms in total. The number of fused-ring (bicyclic) bond motifs is 1. The van der Waals surface area contributed by atoms with Crippen molar-refractivity contribution >= 4 is 10.8 Å². The summed E-state index contributed by atoms with van der Waals surface area (Å²) in [6.07, 6.45) is 3.54. The Kier molecular flexibility index (Phi) is 5.24. The summed E-state index contributed by atoms with van der Waals surface area (Å²) in [6, 6.07) is 12.8. The maximum absolute atomic E-state index is 5.45. The minimum absolute atomic E-state index is 0.215. The molecule has 2 rings (SSSR count). The van der Waals surface area contributed by atoms with Crippen LogP contribution in [0.25, 0.3) is 10.8 Å². The summed E-state index contributed by atoms with van der Waals surface area (Å²) in [5, 5.41) is 6.08. The van der Waals surface area contributed by atoms with Crippen molar-refractivity contribution in [1.82, 2.24) is 5.32 Å². The molecule has 0 atom stereocenters. The maximum atomic E-state index is 5.45. The minimum atomic E-state index is 0.215. The summed E-state index contributed by atoms with van der Waals surface area (Å²) in [5.41, 5.74) is 1.63. The number of methoxy groups -OCH3 is 1. The summed E-state index contributed by atoms with van der Waals surface area (Å²) in [5.74, 6) is 0.962. The van der Waals surface area contributed by atoms with Crippen molar-refractivity contribution in [2.75, 3.05) is 13.7 Å². The predicted octanol–water partition coefficient (Wildman–Crippen LogP) is 4.56. The van der Waals surface area contributed by atoms with Gasteiger partial charge in [0.2, 0.25) is 0 Å². The second-order valence-electron chi connectivity index (χ2n) is 6.61. The quantitative estimate of drug-likeness (QED) is 0.786. The first kappa shape index (κ1) is 15.8. The zero-order valence-electron chi connectivity index (χ0n) is 13.7. The van der Waals surface area contributed by atoms with Gasteiger partial charge in [0.15, 0.2) is 0 Å². The Bertz CT molecular complexity index is 584. The SMILES string of the molecule is COc1ccc(CCCCNC(C)(C)C)c2ccccc12. The Morgan fingerprint density at radius 3 is 2.33 bits per heavy atom. The summed E-state index contributed by atoms with van der Waals surface area (Å²) in [6.45, 7) is 7.72. The van der Waals surface area contributed by atoms with Crippen LogP contribution in [0.1, 0.15) is 39.2 Å². The summed E-state index contributed by atoms with van der Waals surface area (Å²) in [7, 11) is 1.74. The van der Waals surface area contributed by atoms with Crippen LogP contribution < -0.4 is 10.1 Å². The standard InChI is InChI=1S/C19H27NO/c1-19(2,3)20-14-8-7-9-15-12-13-18(21-4)17-11-6-5-10-16(15)17/h5-6,10-13,20H,7-9,14H2,1-4H3. The van der Waals surface area contributed by atoms with Crippen molar-refractivity contribution in [3.05, 3.63) is 42.0 Å². The molecule has 0 fully saturated rings. The fourth-order valence-corrected chi connectivity index (χ4v) is 2.63. The molecule has 0 heterocycles. The Labute approximate surface area is 128 Å². The largest absolute Gasteiger partial charge is 0.496 e. The molecular formula is C19H27NO. The molecule has 0 aromatic heterocycles. The number of nitrogens with one attached hydrogen (secondary N) is 1. The van der Waals surface area contributed by atoms with Crippen LogP contribution in [0, 0.1) is 0 Å². The van der Waals surface area contributed by atoms with E-state index in [0.29, 0.717) is 0 Å². The molecule has 2 heteroatoms. The van der Waals surface area contributed by atoms with Crippen molar-refractivity contribution in [2.24, 2.45) is 0 Å². The number of aryl methyl sites for hydroxylation is 1. The van der Waals surface area contributed by atoms with Gasteiger partial charge in [-0.2, -0.15) is 0 Å². The van der Waals surface area contributed by atoms with Crippen molar-refractivity contribution in [3.63, 3.8) is 0 Å². The molecule has 2 aromatic rings. The third-order valence-electron chi connectivity index (χ3n) is 3.72. The fraction of sp³-hybridized carbons (Fsp3) is 0.474. The normalized spacial score (nSPS) is 11.8. The Morgan fingerprint density at radius 1 is 0.952 bits per heavy atom. The molecule has 2 aromatic carbocycles. The first-order chi connectivity index (χ1) is 10.0. The van der Waals surface area contributed by atoms with E-state index in [1.54, 1.807) is 7.11 Å². The molecule has 1 N–H and O–H groups in total. The van der Waals surface area contributed by atoms with Gasteiger partial charge in [-0.25, -0.2) is 0 Å². The van der Waals surface area contributed by atoms with Crippen LogP contribution in [0.2, 0.25) is 0 Å². The van der Waals surface area contributed by atoms with Crippen LogP contribution in [0.5, 0.6) is 5.75 Å². The molecule has 0 amide bonds. The van der Waals surface area contributed by atoms with Gasteiger partial charge in [0.1, 0.15) is 5.75 Å². The van der Waals surface area contributed by atoms with Gasteiger partial charge in [0.05, 0.1) is 7.11 Å². The molecule has 0 bridgehead atoms. The van der Waals surface area contributed by atoms with Gasteiger partial charge in [0, 0.05) is 10.9 Å². The van der Waals surface area contributed by atoms with Gasteiger partial charge >= 0.3 is 0 Å². The second-order valence-corrected chi connectivity index (χ2v) is 6.61. The summed E-state index contributed by atoms with van der Waals surface area (Å²) in [4.78, 5) is 0. The fourth-order valence-electron chi connectivity index (χ4n) is 2.63. The molecule has 0 saturated heterocycles. The molecule has 0 aliphatic heterocycles. The van der Waals surface area contributed by atoms with Crippen molar-refractivity contribution in [1.29, 1.82) is 0 Å². The van der Waals surface area contributed by atoms with Gasteiger partial charge in [-0.3, -0.25) is 0 Å². The lowest BCUT2D eigenvalue weighted by Gasteiger charge is -2.20. The number of hydrogen-bond donors (Lipinski definition) is 1. The number of ether oxygens (including phenoxy) is 1. The van der Waals surface area contributed by atoms with Crippen molar-refractivity contribution in [3.8, 4) is 5.75 Å². The van der Waals surface area contributed by atoms with E-state index in [1.165, 1.54) is 29.2 Å². The van der Waals surface area contributed by atoms with E-state index in [-0.39, 0.29) is 5.54 Å². The topological polar surface area (TPSA) is 21.3 Å². The molecule has 0 saturated carbocycles. The van der Waals surface area contributed by atoms with Gasteiger partial charge in [-0.05, 0) is 63.6 Å². The van der Waals surface area contributed by atoms with Crippen LogP contribution in [-0.2, 0) is 6.42 Å². The average molecular weight is 285 g/mol. The Balaban J connectivity index is 2.00. The van der Waals surface area contributed by atoms with Crippen LogP contribution >= 0.6 is 0 Å². The van der Waals surface area contributed by atoms with Gasteiger partial charge in [-0.15, -0.1) is 0 Å². The van der Waals surface area contributed by atoms with E-state index in [2.05, 4.69) is 62.5 Å². The Morgan fingerprint density at radius 2 is 1.67 bits per heavy atom. The van der Waals surface area contributed by atoms with Gasteiger partial charge in [0.25, 0.3) is 0 Å². The highest BCUT2D eigenvalue weighted by Gasteiger charge is 2.08. The molecule has 114 valence electrons.